The molecule has 0 aliphatic rings. The Balaban J connectivity index is 2.51. The Kier molecular flexibility index (Phi) is 5.55. The number of carboxylic acids is 1. The number of hydrogen-bond acceptors (Lipinski definition) is 3. The molecule has 1 aromatic carbocycles. The van der Waals surface area contributed by atoms with Gasteiger partial charge in [-0.2, -0.15) is 0 Å². The number of amides is 1. The van der Waals surface area contributed by atoms with Crippen LogP contribution >= 0.6 is 0 Å². The lowest BCUT2D eigenvalue weighted by atomic mass is 10.0. The number of hydrogen-bond donors (Lipinski definition) is 2. The molecule has 0 bridgehead atoms. The van der Waals surface area contributed by atoms with Crippen molar-refractivity contribution in [2.45, 2.75) is 33.7 Å². The van der Waals surface area contributed by atoms with Crippen LogP contribution in [-0.4, -0.2) is 29.6 Å². The summed E-state index contributed by atoms with van der Waals surface area (Å²) in [7, 11) is 0. The summed E-state index contributed by atoms with van der Waals surface area (Å²) < 4.78 is 5.46. The lowest BCUT2D eigenvalue weighted by Crippen LogP contribution is -2.42. The molecule has 2 N–H and O–H groups in total. The van der Waals surface area contributed by atoms with Gasteiger partial charge in [-0.05, 0) is 44.9 Å². The summed E-state index contributed by atoms with van der Waals surface area (Å²) in [5, 5.41) is 11.5. The molecule has 5 heteroatoms. The van der Waals surface area contributed by atoms with Crippen LogP contribution < -0.4 is 10.1 Å². The van der Waals surface area contributed by atoms with Crippen molar-refractivity contribution in [2.24, 2.45) is 5.92 Å². The van der Waals surface area contributed by atoms with Gasteiger partial charge in [-0.15, -0.1) is 0 Å². The predicted octanol–water partition coefficient (Wildman–Crippen LogP) is 1.91. The van der Waals surface area contributed by atoms with Crippen molar-refractivity contribution in [3.8, 4) is 5.75 Å². The molecule has 0 fully saturated rings. The summed E-state index contributed by atoms with van der Waals surface area (Å²) in [5.74, 6) is -1.24. The zero-order valence-corrected chi connectivity index (χ0v) is 12.3. The molecule has 0 aliphatic heterocycles. The quantitative estimate of drug-likeness (QED) is 0.834. The predicted molar refractivity (Wildman–Crippen MR) is 75.8 cm³/mol. The molecule has 5 nitrogen and oxygen atoms in total. The molecule has 20 heavy (non-hydrogen) atoms. The van der Waals surface area contributed by atoms with Crippen molar-refractivity contribution >= 4 is 11.9 Å². The first-order valence-corrected chi connectivity index (χ1v) is 6.53. The Bertz CT molecular complexity index is 499. The van der Waals surface area contributed by atoms with E-state index in [1.807, 2.05) is 32.0 Å². The van der Waals surface area contributed by atoms with E-state index in [1.54, 1.807) is 13.8 Å². The first kappa shape index (κ1) is 16.0. The van der Waals surface area contributed by atoms with Crippen LogP contribution in [0.4, 0.5) is 0 Å². The van der Waals surface area contributed by atoms with Gasteiger partial charge < -0.3 is 15.2 Å². The number of aryl methyl sites for hydroxylation is 2. The number of aliphatic carboxylic acids is 1. The second kappa shape index (κ2) is 6.93. The molecule has 1 rings (SSSR count). The molecular weight excluding hydrogens is 258 g/mol. The van der Waals surface area contributed by atoms with Crippen LogP contribution in [0.2, 0.25) is 0 Å². The molecule has 0 spiro atoms. The van der Waals surface area contributed by atoms with Crippen LogP contribution in [0.1, 0.15) is 25.0 Å². The fourth-order valence-electron chi connectivity index (χ4n) is 1.64. The highest BCUT2D eigenvalue weighted by Gasteiger charge is 2.21. The zero-order chi connectivity index (χ0) is 15.3. The normalized spacial score (nSPS) is 13.4. The lowest BCUT2D eigenvalue weighted by molar-refractivity contribution is -0.142. The SMILES string of the molecule is Cc1ccc(C)c(OCC(=O)NC(C)C(C)C(=O)O)c1. The maximum absolute atomic E-state index is 11.7. The average molecular weight is 279 g/mol. The van der Waals surface area contributed by atoms with Gasteiger partial charge in [0.25, 0.3) is 5.91 Å². The highest BCUT2D eigenvalue weighted by Crippen LogP contribution is 2.18. The molecular formula is C15H21NO4. The number of benzene rings is 1. The van der Waals surface area contributed by atoms with Crippen molar-refractivity contribution in [3.05, 3.63) is 29.3 Å². The van der Waals surface area contributed by atoms with Gasteiger partial charge in [-0.25, -0.2) is 0 Å². The van der Waals surface area contributed by atoms with E-state index >= 15 is 0 Å². The molecule has 0 heterocycles. The number of rotatable bonds is 6. The fourth-order valence-corrected chi connectivity index (χ4v) is 1.64. The first-order valence-electron chi connectivity index (χ1n) is 6.53. The van der Waals surface area contributed by atoms with Gasteiger partial charge >= 0.3 is 5.97 Å². The van der Waals surface area contributed by atoms with Crippen LogP contribution in [0.25, 0.3) is 0 Å². The van der Waals surface area contributed by atoms with E-state index in [-0.39, 0.29) is 12.5 Å². The molecule has 110 valence electrons. The van der Waals surface area contributed by atoms with E-state index < -0.39 is 17.9 Å². The molecule has 0 radical (unpaired) electrons. The van der Waals surface area contributed by atoms with E-state index in [2.05, 4.69) is 5.32 Å². The van der Waals surface area contributed by atoms with Gasteiger partial charge in [0.2, 0.25) is 0 Å². The monoisotopic (exact) mass is 279 g/mol. The third-order valence-electron chi connectivity index (χ3n) is 3.23. The Morgan fingerprint density at radius 2 is 1.95 bits per heavy atom. The zero-order valence-electron chi connectivity index (χ0n) is 12.3. The molecule has 1 aromatic rings. The van der Waals surface area contributed by atoms with Gasteiger partial charge in [0.15, 0.2) is 6.61 Å². The van der Waals surface area contributed by atoms with E-state index in [4.69, 9.17) is 9.84 Å². The topological polar surface area (TPSA) is 75.6 Å². The third kappa shape index (κ3) is 4.57. The fraction of sp³-hybridized carbons (Fsp3) is 0.467. The number of ether oxygens (including phenoxy) is 1. The van der Waals surface area contributed by atoms with Crippen molar-refractivity contribution in [1.29, 1.82) is 0 Å². The minimum Gasteiger partial charge on any atom is -0.483 e. The van der Waals surface area contributed by atoms with Crippen molar-refractivity contribution < 1.29 is 19.4 Å². The number of carbonyl (C=O) groups excluding carboxylic acids is 1. The maximum Gasteiger partial charge on any atom is 0.308 e. The standard InChI is InChI=1S/C15H21NO4/c1-9-5-6-10(2)13(7-9)20-8-14(17)16-12(4)11(3)15(18)19/h5-7,11-12H,8H2,1-4H3,(H,16,17)(H,18,19). The highest BCUT2D eigenvalue weighted by atomic mass is 16.5. The number of carboxylic acid groups (broad SMARTS) is 1. The second-order valence-electron chi connectivity index (χ2n) is 5.04. The van der Waals surface area contributed by atoms with Crippen LogP contribution in [0.3, 0.4) is 0 Å². The van der Waals surface area contributed by atoms with E-state index in [9.17, 15) is 9.59 Å². The molecule has 0 saturated heterocycles. The van der Waals surface area contributed by atoms with Crippen molar-refractivity contribution in [3.63, 3.8) is 0 Å². The Morgan fingerprint density at radius 3 is 2.55 bits per heavy atom. The number of nitrogens with one attached hydrogen (secondary N) is 1. The van der Waals surface area contributed by atoms with Gasteiger partial charge in [0.05, 0.1) is 5.92 Å². The van der Waals surface area contributed by atoms with Crippen LogP contribution in [0, 0.1) is 19.8 Å². The first-order chi connectivity index (χ1) is 9.31. The second-order valence-corrected chi connectivity index (χ2v) is 5.04. The highest BCUT2D eigenvalue weighted by molar-refractivity contribution is 5.79. The van der Waals surface area contributed by atoms with Crippen LogP contribution in [-0.2, 0) is 9.59 Å². The van der Waals surface area contributed by atoms with Crippen molar-refractivity contribution in [2.75, 3.05) is 6.61 Å². The molecule has 1 amide bonds. The van der Waals surface area contributed by atoms with Gasteiger partial charge in [0.1, 0.15) is 5.75 Å². The van der Waals surface area contributed by atoms with E-state index in [1.165, 1.54) is 0 Å². The summed E-state index contributed by atoms with van der Waals surface area (Å²) >= 11 is 0. The molecule has 0 aromatic heterocycles. The van der Waals surface area contributed by atoms with E-state index in [0.717, 1.165) is 11.1 Å². The van der Waals surface area contributed by atoms with E-state index in [0.29, 0.717) is 5.75 Å². The van der Waals surface area contributed by atoms with Crippen LogP contribution in [0.15, 0.2) is 18.2 Å². The summed E-state index contributed by atoms with van der Waals surface area (Å²) in [6.07, 6.45) is 0. The molecule has 2 atom stereocenters. The summed E-state index contributed by atoms with van der Waals surface area (Å²) in [6.45, 7) is 6.94. The van der Waals surface area contributed by atoms with Gasteiger partial charge in [-0.1, -0.05) is 12.1 Å². The minimum absolute atomic E-state index is 0.124. The Morgan fingerprint density at radius 1 is 1.30 bits per heavy atom. The van der Waals surface area contributed by atoms with Crippen molar-refractivity contribution in [1.82, 2.24) is 5.32 Å². The summed E-state index contributed by atoms with van der Waals surface area (Å²) in [5.41, 5.74) is 2.01. The van der Waals surface area contributed by atoms with Gasteiger partial charge in [-0.3, -0.25) is 9.59 Å². The molecule has 0 aliphatic carbocycles. The third-order valence-corrected chi connectivity index (χ3v) is 3.23. The lowest BCUT2D eigenvalue weighted by Gasteiger charge is -2.18. The minimum atomic E-state index is -0.937. The average Bonchev–Trinajstić information content (AvgIpc) is 2.38. The smallest absolute Gasteiger partial charge is 0.308 e. The number of carbonyl (C=O) groups is 2. The van der Waals surface area contributed by atoms with Gasteiger partial charge in [0, 0.05) is 6.04 Å². The Hall–Kier alpha value is -2.04. The molecule has 0 saturated carbocycles. The molecule has 2 unspecified atom stereocenters. The van der Waals surface area contributed by atoms with Crippen LogP contribution in [0.5, 0.6) is 5.75 Å². The maximum atomic E-state index is 11.7. The largest absolute Gasteiger partial charge is 0.483 e. The summed E-state index contributed by atoms with van der Waals surface area (Å²) in [6, 6.07) is 5.32. The Labute approximate surface area is 118 Å². The summed E-state index contributed by atoms with van der Waals surface area (Å²) in [4.78, 5) is 22.5.